The summed E-state index contributed by atoms with van der Waals surface area (Å²) in [6.45, 7) is 1.75. The van der Waals surface area contributed by atoms with Crippen LogP contribution in [0.2, 0.25) is 0 Å². The Kier molecular flexibility index (Phi) is 9.64. The van der Waals surface area contributed by atoms with E-state index in [9.17, 15) is 10.2 Å². The number of unbranched alkanes of at least 4 members (excludes halogenated alkanes) is 1. The van der Waals surface area contributed by atoms with E-state index in [4.69, 9.17) is 33.9 Å². The molecule has 0 saturated carbocycles. The third-order valence-electron chi connectivity index (χ3n) is 4.86. The van der Waals surface area contributed by atoms with Gasteiger partial charge in [-0.15, -0.1) is 0 Å². The van der Waals surface area contributed by atoms with E-state index in [1.165, 1.54) is 6.33 Å². The number of likely N-dealkylation sites (N-methyl/N-ethyl adjacent to an activating group) is 1. The Bertz CT molecular complexity index is 998. The Morgan fingerprint density at radius 2 is 1.94 bits per heavy atom. The second-order valence-electron chi connectivity index (χ2n) is 7.32. The van der Waals surface area contributed by atoms with Crippen LogP contribution in [0.3, 0.4) is 0 Å². The minimum atomic E-state index is -4.67. The van der Waals surface area contributed by atoms with Crippen molar-refractivity contribution in [3.8, 4) is 0 Å². The minimum Gasteiger partial charge on any atom is -0.387 e. The van der Waals surface area contributed by atoms with Gasteiger partial charge in [-0.2, -0.15) is 8.42 Å². The van der Waals surface area contributed by atoms with Crippen LogP contribution in [0.4, 0.5) is 11.8 Å². The lowest BCUT2D eigenvalue weighted by atomic mass is 10.1. The average Bonchev–Trinajstić information content (AvgIpc) is 3.23. The van der Waals surface area contributed by atoms with E-state index in [1.54, 1.807) is 11.6 Å². The van der Waals surface area contributed by atoms with Crippen LogP contribution in [-0.2, 0) is 20.0 Å². The fourth-order valence-electron chi connectivity index (χ4n) is 3.40. The lowest BCUT2D eigenvalue weighted by Crippen LogP contribution is -2.38. The number of hydrogen-bond acceptors (Lipinski definition) is 13. The van der Waals surface area contributed by atoms with E-state index >= 15 is 0 Å². The first-order valence-corrected chi connectivity index (χ1v) is 11.3. The van der Waals surface area contributed by atoms with Gasteiger partial charge >= 0.3 is 10.4 Å². The predicted molar refractivity (Wildman–Crippen MR) is 116 cm³/mol. The molecule has 33 heavy (non-hydrogen) atoms. The largest absolute Gasteiger partial charge is 0.394 e. The predicted octanol–water partition coefficient (Wildman–Crippen LogP) is -1.98. The molecule has 16 nitrogen and oxygen atoms in total. The summed E-state index contributed by atoms with van der Waals surface area (Å²) in [6.07, 6.45) is -0.574. The van der Waals surface area contributed by atoms with Crippen molar-refractivity contribution < 1.29 is 37.3 Å². The third-order valence-corrected chi connectivity index (χ3v) is 4.86. The van der Waals surface area contributed by atoms with Crippen LogP contribution in [0.25, 0.3) is 11.2 Å². The zero-order valence-corrected chi connectivity index (χ0v) is 19.0. The second-order valence-corrected chi connectivity index (χ2v) is 8.22. The lowest BCUT2D eigenvalue weighted by Gasteiger charge is -2.22. The summed E-state index contributed by atoms with van der Waals surface area (Å²) in [6, 6.07) is 0. The highest BCUT2D eigenvalue weighted by molar-refractivity contribution is 7.79. The van der Waals surface area contributed by atoms with Gasteiger partial charge < -0.3 is 35.7 Å². The number of hydrogen-bond donors (Lipinski definition) is 7. The van der Waals surface area contributed by atoms with E-state index in [0.717, 1.165) is 19.4 Å². The summed E-state index contributed by atoms with van der Waals surface area (Å²) in [5, 5.41) is 24.1. The highest BCUT2D eigenvalue weighted by atomic mass is 32.3. The molecule has 0 amide bonds. The molecule has 3 heterocycles. The molecule has 1 fully saturated rings. The summed E-state index contributed by atoms with van der Waals surface area (Å²) in [5.74, 6) is 5.66. The standard InChI is InChI=1S/C16H28N8O4.H2O4S/c1-19-16-22-10-13(17)20-8-21-14(10)24(16)15-12(26)11(25)9(28-15)7-23(2)5-3-4-6-27-18;1-5(2,3)4/h8-9,11-12,15,25-26H,3-7,18H2,1-2H3,(H,19,22)(H2,17,20,21);(H2,1,2,3,4)/t9-,11?,12?,15-;/m1./s1. The third kappa shape index (κ3) is 7.39. The van der Waals surface area contributed by atoms with Crippen molar-refractivity contribution in [3.63, 3.8) is 0 Å². The zero-order valence-electron chi connectivity index (χ0n) is 18.1. The normalized spacial score (nSPS) is 23.0. The summed E-state index contributed by atoms with van der Waals surface area (Å²) >= 11 is 0. The summed E-state index contributed by atoms with van der Waals surface area (Å²) in [7, 11) is -1.05. The molecule has 0 radical (unpaired) electrons. The molecule has 1 aliphatic heterocycles. The van der Waals surface area contributed by atoms with Gasteiger partial charge in [0.1, 0.15) is 24.6 Å². The fraction of sp³-hybridized carbons (Fsp3) is 0.688. The van der Waals surface area contributed by atoms with Crippen LogP contribution in [0.1, 0.15) is 19.1 Å². The van der Waals surface area contributed by atoms with Crippen molar-refractivity contribution >= 4 is 33.3 Å². The molecule has 2 aromatic rings. The Balaban J connectivity index is 0.000000696. The monoisotopic (exact) mass is 494 g/mol. The average molecular weight is 495 g/mol. The van der Waals surface area contributed by atoms with Crippen LogP contribution >= 0.6 is 0 Å². The highest BCUT2D eigenvalue weighted by Crippen LogP contribution is 2.35. The van der Waals surface area contributed by atoms with Gasteiger partial charge in [0.05, 0.1) is 6.61 Å². The zero-order chi connectivity index (χ0) is 24.8. The van der Waals surface area contributed by atoms with Crippen molar-refractivity contribution in [2.45, 2.75) is 37.4 Å². The molecule has 2 aromatic heterocycles. The summed E-state index contributed by atoms with van der Waals surface area (Å²) in [5.41, 5.74) is 6.71. The van der Waals surface area contributed by atoms with Crippen LogP contribution in [-0.4, -0.2) is 104 Å². The van der Waals surface area contributed by atoms with E-state index in [1.807, 2.05) is 11.9 Å². The molecule has 4 atom stereocenters. The number of aliphatic hydroxyl groups is 2. The number of aliphatic hydroxyl groups excluding tert-OH is 2. The Hall–Kier alpha value is -2.22. The minimum absolute atomic E-state index is 0.228. The van der Waals surface area contributed by atoms with Crippen molar-refractivity contribution in [2.24, 2.45) is 5.90 Å². The number of ether oxygens (including phenoxy) is 1. The van der Waals surface area contributed by atoms with Gasteiger partial charge in [-0.05, 0) is 26.4 Å². The number of imidazole rings is 1. The number of nitrogens with two attached hydrogens (primary N) is 2. The van der Waals surface area contributed by atoms with Crippen molar-refractivity contribution in [3.05, 3.63) is 6.33 Å². The number of nitrogen functional groups attached to an aromatic ring is 1. The van der Waals surface area contributed by atoms with Gasteiger partial charge in [0.2, 0.25) is 5.95 Å². The molecule has 9 N–H and O–H groups in total. The Morgan fingerprint density at radius 1 is 1.27 bits per heavy atom. The van der Waals surface area contributed by atoms with Crippen LogP contribution < -0.4 is 16.9 Å². The van der Waals surface area contributed by atoms with Crippen LogP contribution in [0, 0.1) is 0 Å². The first-order chi connectivity index (χ1) is 15.5. The maximum atomic E-state index is 10.6. The van der Waals surface area contributed by atoms with Crippen LogP contribution in [0.15, 0.2) is 6.33 Å². The molecule has 1 aliphatic rings. The van der Waals surface area contributed by atoms with Gasteiger partial charge in [-0.25, -0.2) is 20.8 Å². The fourth-order valence-corrected chi connectivity index (χ4v) is 3.40. The van der Waals surface area contributed by atoms with Gasteiger partial charge in [0, 0.05) is 13.6 Å². The van der Waals surface area contributed by atoms with Gasteiger partial charge in [0.15, 0.2) is 23.2 Å². The van der Waals surface area contributed by atoms with Crippen molar-refractivity contribution in [1.29, 1.82) is 0 Å². The number of nitrogens with zero attached hydrogens (tertiary/aromatic N) is 5. The van der Waals surface area contributed by atoms with Gasteiger partial charge in [-0.1, -0.05) is 0 Å². The molecule has 188 valence electrons. The van der Waals surface area contributed by atoms with Gasteiger partial charge in [-0.3, -0.25) is 13.7 Å². The van der Waals surface area contributed by atoms with Crippen LogP contribution in [0.5, 0.6) is 0 Å². The molecule has 0 aromatic carbocycles. The summed E-state index contributed by atoms with van der Waals surface area (Å²) < 4.78 is 39.2. The quantitative estimate of drug-likeness (QED) is 0.113. The topological polar surface area (TPSA) is 244 Å². The molecular formula is C16H30N8O8S. The Morgan fingerprint density at radius 3 is 2.55 bits per heavy atom. The molecule has 2 unspecified atom stereocenters. The first kappa shape index (κ1) is 27.0. The molecule has 17 heteroatoms. The molecule has 3 rings (SSSR count). The number of rotatable bonds is 9. The molecule has 0 bridgehead atoms. The maximum absolute atomic E-state index is 10.6. The van der Waals surface area contributed by atoms with E-state index < -0.39 is 34.9 Å². The van der Waals surface area contributed by atoms with Gasteiger partial charge in [0.25, 0.3) is 0 Å². The van der Waals surface area contributed by atoms with Crippen molar-refractivity contribution in [1.82, 2.24) is 24.4 Å². The SMILES string of the molecule is CNc1nc2c(N)ncnc2n1[C@@H]1O[C@H](CN(C)CCCCON)C(O)C1O.O=S(=O)(O)O. The second kappa shape index (κ2) is 11.8. The number of fused-ring (bicyclic) bond motifs is 1. The smallest absolute Gasteiger partial charge is 0.387 e. The highest BCUT2D eigenvalue weighted by Gasteiger charge is 2.45. The maximum Gasteiger partial charge on any atom is 0.394 e. The van der Waals surface area contributed by atoms with E-state index in [-0.39, 0.29) is 5.82 Å². The molecule has 1 saturated heterocycles. The number of anilines is 2. The number of nitrogens with one attached hydrogen (secondary N) is 1. The molecule has 0 spiro atoms. The molecular weight excluding hydrogens is 464 g/mol. The first-order valence-electron chi connectivity index (χ1n) is 9.85. The van der Waals surface area contributed by atoms with E-state index in [2.05, 4.69) is 25.1 Å². The Labute approximate surface area is 190 Å². The number of aromatic nitrogens is 4. The molecule has 0 aliphatic carbocycles. The van der Waals surface area contributed by atoms with E-state index in [0.29, 0.717) is 30.3 Å². The summed E-state index contributed by atoms with van der Waals surface area (Å²) in [4.78, 5) is 19.1. The lowest BCUT2D eigenvalue weighted by molar-refractivity contribution is -0.0412. The van der Waals surface area contributed by atoms with Crippen molar-refractivity contribution in [2.75, 3.05) is 44.8 Å².